The van der Waals surface area contributed by atoms with Gasteiger partial charge in [-0.15, -0.1) is 0 Å². The number of thioether (sulfide) groups is 1. The summed E-state index contributed by atoms with van der Waals surface area (Å²) in [6.45, 7) is 2.28. The van der Waals surface area contributed by atoms with Crippen LogP contribution in [0, 0.1) is 0 Å². The topological polar surface area (TPSA) is 78.4 Å². The molecular formula is C9H18N2O3S. The van der Waals surface area contributed by atoms with Crippen molar-refractivity contribution in [1.82, 2.24) is 10.6 Å². The van der Waals surface area contributed by atoms with Crippen LogP contribution in [0.15, 0.2) is 0 Å². The van der Waals surface area contributed by atoms with Crippen LogP contribution >= 0.6 is 11.8 Å². The number of rotatable bonds is 7. The van der Waals surface area contributed by atoms with Crippen molar-refractivity contribution in [3.05, 3.63) is 0 Å². The second kappa shape index (κ2) is 8.40. The Bertz CT molecular complexity index is 212. The highest BCUT2D eigenvalue weighted by Crippen LogP contribution is 1.93. The number of carboxylic acids is 1. The lowest BCUT2D eigenvalue weighted by molar-refractivity contribution is -0.137. The van der Waals surface area contributed by atoms with E-state index in [1.165, 1.54) is 0 Å². The molecule has 0 fully saturated rings. The number of hydrogen-bond acceptors (Lipinski definition) is 3. The third-order valence-corrected chi connectivity index (χ3v) is 2.37. The lowest BCUT2D eigenvalue weighted by Crippen LogP contribution is -2.42. The van der Waals surface area contributed by atoms with Crippen LogP contribution in [0.3, 0.4) is 0 Å². The Morgan fingerprint density at radius 1 is 1.47 bits per heavy atom. The van der Waals surface area contributed by atoms with E-state index in [1.807, 2.05) is 6.26 Å². The van der Waals surface area contributed by atoms with E-state index in [-0.39, 0.29) is 18.5 Å². The molecular weight excluding hydrogens is 216 g/mol. The number of nitrogens with one attached hydrogen (secondary N) is 2. The molecule has 3 N–H and O–H groups in total. The Kier molecular flexibility index (Phi) is 7.89. The minimum Gasteiger partial charge on any atom is -0.481 e. The molecule has 0 aromatic heterocycles. The third-order valence-electron chi connectivity index (χ3n) is 1.67. The maximum absolute atomic E-state index is 11.2. The van der Waals surface area contributed by atoms with Gasteiger partial charge in [-0.3, -0.25) is 4.79 Å². The van der Waals surface area contributed by atoms with Gasteiger partial charge < -0.3 is 15.7 Å². The van der Waals surface area contributed by atoms with Crippen molar-refractivity contribution < 1.29 is 14.7 Å². The molecule has 15 heavy (non-hydrogen) atoms. The fraction of sp³-hybridized carbons (Fsp3) is 0.778. The zero-order chi connectivity index (χ0) is 11.7. The molecule has 0 spiro atoms. The van der Waals surface area contributed by atoms with Crippen molar-refractivity contribution >= 4 is 23.8 Å². The Morgan fingerprint density at radius 2 is 2.13 bits per heavy atom. The molecule has 88 valence electrons. The van der Waals surface area contributed by atoms with E-state index in [4.69, 9.17) is 5.11 Å². The first-order chi connectivity index (χ1) is 7.06. The molecule has 0 aromatic carbocycles. The van der Waals surface area contributed by atoms with E-state index in [0.717, 1.165) is 12.2 Å². The monoisotopic (exact) mass is 234 g/mol. The Morgan fingerprint density at radius 3 is 2.67 bits per heavy atom. The quantitative estimate of drug-likeness (QED) is 0.572. The minimum absolute atomic E-state index is 0.0573. The highest BCUT2D eigenvalue weighted by molar-refractivity contribution is 7.98. The second-order valence-corrected chi connectivity index (χ2v) is 4.23. The van der Waals surface area contributed by atoms with Gasteiger partial charge in [0.05, 0.1) is 6.42 Å². The van der Waals surface area contributed by atoms with E-state index in [9.17, 15) is 9.59 Å². The van der Waals surface area contributed by atoms with Crippen LogP contribution in [0.5, 0.6) is 0 Å². The molecule has 2 amide bonds. The third kappa shape index (κ3) is 9.40. The van der Waals surface area contributed by atoms with Gasteiger partial charge >= 0.3 is 12.0 Å². The number of urea groups is 1. The van der Waals surface area contributed by atoms with Gasteiger partial charge in [0.1, 0.15) is 0 Å². The number of aliphatic carboxylic acids is 1. The van der Waals surface area contributed by atoms with Gasteiger partial charge in [-0.25, -0.2) is 4.79 Å². The molecule has 5 nitrogen and oxygen atoms in total. The molecule has 1 unspecified atom stereocenters. The lowest BCUT2D eigenvalue weighted by atomic mass is 10.2. The standard InChI is InChI=1S/C9H18N2O3S/c1-7(6-8(12)13)11-9(14)10-4-3-5-15-2/h7H,3-6H2,1-2H3,(H,12,13)(H2,10,11,14). The zero-order valence-electron chi connectivity index (χ0n) is 9.08. The molecule has 0 radical (unpaired) electrons. The summed E-state index contributed by atoms with van der Waals surface area (Å²) in [5.41, 5.74) is 0. The van der Waals surface area contributed by atoms with Crippen molar-refractivity contribution in [2.24, 2.45) is 0 Å². The molecule has 0 saturated heterocycles. The van der Waals surface area contributed by atoms with Crippen molar-refractivity contribution in [3.63, 3.8) is 0 Å². The zero-order valence-corrected chi connectivity index (χ0v) is 9.89. The number of amides is 2. The fourth-order valence-electron chi connectivity index (χ4n) is 1.01. The SMILES string of the molecule is CSCCCNC(=O)NC(C)CC(=O)O. The summed E-state index contributed by atoms with van der Waals surface area (Å²) in [5.74, 6) is 0.0931. The molecule has 0 bridgehead atoms. The lowest BCUT2D eigenvalue weighted by Gasteiger charge is -2.12. The van der Waals surface area contributed by atoms with E-state index in [1.54, 1.807) is 18.7 Å². The summed E-state index contributed by atoms with van der Waals surface area (Å²) < 4.78 is 0. The van der Waals surface area contributed by atoms with Crippen molar-refractivity contribution in [1.29, 1.82) is 0 Å². The maximum atomic E-state index is 11.2. The van der Waals surface area contributed by atoms with E-state index < -0.39 is 5.97 Å². The predicted octanol–water partition coefficient (Wildman–Crippen LogP) is 0.902. The predicted molar refractivity (Wildman–Crippen MR) is 61.2 cm³/mol. The maximum Gasteiger partial charge on any atom is 0.315 e. The van der Waals surface area contributed by atoms with Crippen molar-refractivity contribution in [3.8, 4) is 0 Å². The minimum atomic E-state index is -0.912. The van der Waals surface area contributed by atoms with Crippen LogP contribution in [-0.2, 0) is 4.79 Å². The van der Waals surface area contributed by atoms with Gasteiger partial charge in [0.25, 0.3) is 0 Å². The molecule has 0 rings (SSSR count). The molecule has 0 aliphatic carbocycles. The van der Waals surface area contributed by atoms with Crippen molar-refractivity contribution in [2.45, 2.75) is 25.8 Å². The van der Waals surface area contributed by atoms with Gasteiger partial charge in [-0.2, -0.15) is 11.8 Å². The molecule has 0 aromatic rings. The summed E-state index contributed by atoms with van der Waals surface area (Å²) in [5, 5.41) is 13.7. The first kappa shape index (κ1) is 14.1. The fourth-order valence-corrected chi connectivity index (χ4v) is 1.44. The number of carboxylic acid groups (broad SMARTS) is 1. The van der Waals surface area contributed by atoms with Crippen LogP contribution in [0.4, 0.5) is 4.79 Å². The van der Waals surface area contributed by atoms with Gasteiger partial charge in [-0.1, -0.05) is 0 Å². The van der Waals surface area contributed by atoms with E-state index in [0.29, 0.717) is 6.54 Å². The highest BCUT2D eigenvalue weighted by Gasteiger charge is 2.09. The van der Waals surface area contributed by atoms with E-state index >= 15 is 0 Å². The normalized spacial score (nSPS) is 11.9. The van der Waals surface area contributed by atoms with Gasteiger partial charge in [0.2, 0.25) is 0 Å². The average molecular weight is 234 g/mol. The molecule has 6 heteroatoms. The highest BCUT2D eigenvalue weighted by atomic mass is 32.2. The van der Waals surface area contributed by atoms with E-state index in [2.05, 4.69) is 10.6 Å². The first-order valence-electron chi connectivity index (χ1n) is 4.81. The van der Waals surface area contributed by atoms with Crippen LogP contribution in [0.1, 0.15) is 19.8 Å². The summed E-state index contributed by atoms with van der Waals surface area (Å²) in [6, 6.07) is -0.645. The summed E-state index contributed by atoms with van der Waals surface area (Å²) in [7, 11) is 0. The summed E-state index contributed by atoms with van der Waals surface area (Å²) in [4.78, 5) is 21.5. The molecule has 0 saturated carbocycles. The number of hydrogen-bond donors (Lipinski definition) is 3. The molecule has 0 aliphatic rings. The molecule has 0 heterocycles. The second-order valence-electron chi connectivity index (χ2n) is 3.25. The van der Waals surface area contributed by atoms with Gasteiger partial charge in [0, 0.05) is 12.6 Å². The number of carbonyl (C=O) groups is 2. The van der Waals surface area contributed by atoms with Crippen LogP contribution in [0.2, 0.25) is 0 Å². The van der Waals surface area contributed by atoms with Crippen LogP contribution in [0.25, 0.3) is 0 Å². The number of carbonyl (C=O) groups excluding carboxylic acids is 1. The Hall–Kier alpha value is -0.910. The largest absolute Gasteiger partial charge is 0.481 e. The van der Waals surface area contributed by atoms with Gasteiger partial charge in [0.15, 0.2) is 0 Å². The van der Waals surface area contributed by atoms with Crippen LogP contribution in [-0.4, -0.2) is 41.7 Å². The molecule has 0 aliphatic heterocycles. The first-order valence-corrected chi connectivity index (χ1v) is 6.20. The smallest absolute Gasteiger partial charge is 0.315 e. The Labute approximate surface area is 94.0 Å². The van der Waals surface area contributed by atoms with Gasteiger partial charge in [-0.05, 0) is 25.4 Å². The summed E-state index contributed by atoms with van der Waals surface area (Å²) >= 11 is 1.73. The van der Waals surface area contributed by atoms with Crippen molar-refractivity contribution in [2.75, 3.05) is 18.6 Å². The van der Waals surface area contributed by atoms with Crippen LogP contribution < -0.4 is 10.6 Å². The summed E-state index contributed by atoms with van der Waals surface area (Å²) in [6.07, 6.45) is 2.87. The molecule has 1 atom stereocenters. The average Bonchev–Trinajstić information content (AvgIpc) is 2.10. The Balaban J connectivity index is 3.51.